The molecule has 1 aromatic heterocycles. The van der Waals surface area contributed by atoms with Crippen molar-refractivity contribution in [3.05, 3.63) is 58.1 Å². The average Bonchev–Trinajstić information content (AvgIpc) is 2.52. The average molecular weight is 303 g/mol. The molecule has 1 amide bonds. The van der Waals surface area contributed by atoms with Gasteiger partial charge in [-0.3, -0.25) is 9.59 Å². The van der Waals surface area contributed by atoms with Gasteiger partial charge in [-0.15, -0.1) is 0 Å². The van der Waals surface area contributed by atoms with E-state index in [0.29, 0.717) is 18.1 Å². The molecule has 0 saturated carbocycles. The summed E-state index contributed by atoms with van der Waals surface area (Å²) in [7, 11) is 1.57. The minimum atomic E-state index is -0.339. The predicted octanol–water partition coefficient (Wildman–Crippen LogP) is 1.65. The van der Waals surface area contributed by atoms with Crippen molar-refractivity contribution in [3.8, 4) is 11.5 Å². The van der Waals surface area contributed by atoms with Gasteiger partial charge in [0.15, 0.2) is 6.61 Å². The molecule has 1 heterocycles. The number of aryl methyl sites for hydroxylation is 1. The Morgan fingerprint density at radius 2 is 2.05 bits per heavy atom. The Morgan fingerprint density at radius 3 is 2.77 bits per heavy atom. The fourth-order valence-corrected chi connectivity index (χ4v) is 1.90. The van der Waals surface area contributed by atoms with Crippen LogP contribution in [0.4, 0.5) is 0 Å². The van der Waals surface area contributed by atoms with Crippen LogP contribution in [0, 0.1) is 6.92 Å². The summed E-state index contributed by atoms with van der Waals surface area (Å²) in [5.74, 6) is 0.747. The minimum Gasteiger partial charge on any atom is -0.496 e. The van der Waals surface area contributed by atoms with Gasteiger partial charge in [-0.1, -0.05) is 18.2 Å². The van der Waals surface area contributed by atoms with E-state index in [2.05, 4.69) is 5.32 Å². The zero-order valence-corrected chi connectivity index (χ0v) is 12.4. The number of carbonyl (C=O) groups is 1. The van der Waals surface area contributed by atoms with E-state index in [1.54, 1.807) is 14.0 Å². The van der Waals surface area contributed by atoms with E-state index >= 15 is 0 Å². The summed E-state index contributed by atoms with van der Waals surface area (Å²) in [6.07, 6.45) is 1.28. The van der Waals surface area contributed by atoms with Crippen molar-refractivity contribution in [1.82, 2.24) is 5.32 Å². The smallest absolute Gasteiger partial charge is 0.258 e. The first-order valence-corrected chi connectivity index (χ1v) is 6.71. The van der Waals surface area contributed by atoms with Gasteiger partial charge in [0.2, 0.25) is 11.2 Å². The Hall–Kier alpha value is -2.76. The molecule has 0 radical (unpaired) electrons. The van der Waals surface area contributed by atoms with Crippen molar-refractivity contribution in [2.75, 3.05) is 13.7 Å². The third-order valence-electron chi connectivity index (χ3n) is 3.02. The van der Waals surface area contributed by atoms with Crippen molar-refractivity contribution >= 4 is 5.91 Å². The number of hydrogen-bond acceptors (Lipinski definition) is 5. The third kappa shape index (κ3) is 3.88. The highest BCUT2D eigenvalue weighted by Crippen LogP contribution is 2.16. The molecule has 116 valence electrons. The molecule has 0 saturated heterocycles. The van der Waals surface area contributed by atoms with E-state index in [9.17, 15) is 9.59 Å². The maximum Gasteiger partial charge on any atom is 0.258 e. The lowest BCUT2D eigenvalue weighted by Gasteiger charge is -2.10. The molecular formula is C16H17NO5. The van der Waals surface area contributed by atoms with Crippen molar-refractivity contribution in [2.24, 2.45) is 0 Å². The molecule has 0 spiro atoms. The second-order valence-electron chi connectivity index (χ2n) is 4.55. The van der Waals surface area contributed by atoms with E-state index in [-0.39, 0.29) is 23.7 Å². The SMILES string of the molecule is COc1ccccc1CNC(=O)COc1c(C)occc1=O. The molecule has 0 aliphatic carbocycles. The summed E-state index contributed by atoms with van der Waals surface area (Å²) in [5, 5.41) is 2.71. The molecular weight excluding hydrogens is 286 g/mol. The Bertz CT molecular complexity index is 708. The highest BCUT2D eigenvalue weighted by atomic mass is 16.5. The monoisotopic (exact) mass is 303 g/mol. The first kappa shape index (κ1) is 15.6. The van der Waals surface area contributed by atoms with Gasteiger partial charge in [-0.25, -0.2) is 0 Å². The van der Waals surface area contributed by atoms with Crippen LogP contribution in [0.1, 0.15) is 11.3 Å². The molecule has 0 bridgehead atoms. The number of amides is 1. The van der Waals surface area contributed by atoms with Crippen LogP contribution >= 0.6 is 0 Å². The summed E-state index contributed by atoms with van der Waals surface area (Å²) in [6, 6.07) is 8.63. The molecule has 6 heteroatoms. The van der Waals surface area contributed by atoms with Crippen molar-refractivity contribution in [1.29, 1.82) is 0 Å². The van der Waals surface area contributed by atoms with Crippen molar-refractivity contribution in [3.63, 3.8) is 0 Å². The van der Waals surface area contributed by atoms with E-state index < -0.39 is 0 Å². The van der Waals surface area contributed by atoms with Crippen LogP contribution in [0.3, 0.4) is 0 Å². The third-order valence-corrected chi connectivity index (χ3v) is 3.02. The number of para-hydroxylation sites is 1. The van der Waals surface area contributed by atoms with E-state index in [0.717, 1.165) is 5.56 Å². The summed E-state index contributed by atoms with van der Waals surface area (Å²) in [5.41, 5.74) is 0.537. The highest BCUT2D eigenvalue weighted by molar-refractivity contribution is 5.77. The molecule has 1 aromatic carbocycles. The molecule has 2 rings (SSSR count). The predicted molar refractivity (Wildman–Crippen MR) is 80.1 cm³/mol. The fraction of sp³-hybridized carbons (Fsp3) is 0.250. The molecule has 2 aromatic rings. The largest absolute Gasteiger partial charge is 0.496 e. The number of ether oxygens (including phenoxy) is 2. The van der Waals surface area contributed by atoms with Crippen LogP contribution in [0.15, 0.2) is 45.8 Å². The van der Waals surface area contributed by atoms with Crippen LogP contribution in [0.5, 0.6) is 11.5 Å². The maximum absolute atomic E-state index is 11.8. The highest BCUT2D eigenvalue weighted by Gasteiger charge is 2.10. The van der Waals surface area contributed by atoms with Gasteiger partial charge in [0.05, 0.1) is 13.4 Å². The number of benzene rings is 1. The van der Waals surface area contributed by atoms with Crippen LogP contribution in [-0.4, -0.2) is 19.6 Å². The van der Waals surface area contributed by atoms with Gasteiger partial charge in [-0.2, -0.15) is 0 Å². The summed E-state index contributed by atoms with van der Waals surface area (Å²) < 4.78 is 15.5. The van der Waals surface area contributed by atoms with Crippen molar-refractivity contribution < 1.29 is 18.7 Å². The topological polar surface area (TPSA) is 77.8 Å². The van der Waals surface area contributed by atoms with Crippen LogP contribution < -0.4 is 20.2 Å². The Kier molecular flexibility index (Phi) is 5.19. The molecule has 1 N–H and O–H groups in total. The number of hydrogen-bond donors (Lipinski definition) is 1. The second-order valence-corrected chi connectivity index (χ2v) is 4.55. The Morgan fingerprint density at radius 1 is 1.27 bits per heavy atom. The van der Waals surface area contributed by atoms with Gasteiger partial charge < -0.3 is 19.2 Å². The lowest BCUT2D eigenvalue weighted by Crippen LogP contribution is -2.29. The van der Waals surface area contributed by atoms with E-state index in [4.69, 9.17) is 13.9 Å². The normalized spacial score (nSPS) is 10.1. The molecule has 0 fully saturated rings. The second kappa shape index (κ2) is 7.31. The summed E-state index contributed by atoms with van der Waals surface area (Å²) >= 11 is 0. The fourth-order valence-electron chi connectivity index (χ4n) is 1.90. The molecule has 0 aliphatic heterocycles. The van der Waals surface area contributed by atoms with E-state index in [1.165, 1.54) is 12.3 Å². The van der Waals surface area contributed by atoms with Gasteiger partial charge in [0.1, 0.15) is 11.5 Å². The van der Waals surface area contributed by atoms with E-state index in [1.807, 2.05) is 24.3 Å². The lowest BCUT2D eigenvalue weighted by atomic mass is 10.2. The quantitative estimate of drug-likeness (QED) is 0.878. The van der Waals surface area contributed by atoms with Crippen LogP contribution in [-0.2, 0) is 11.3 Å². The Balaban J connectivity index is 1.90. The van der Waals surface area contributed by atoms with Crippen LogP contribution in [0.25, 0.3) is 0 Å². The number of nitrogens with one attached hydrogen (secondary N) is 1. The molecule has 0 atom stereocenters. The summed E-state index contributed by atoms with van der Waals surface area (Å²) in [4.78, 5) is 23.4. The molecule has 22 heavy (non-hydrogen) atoms. The van der Waals surface area contributed by atoms with Gasteiger partial charge >= 0.3 is 0 Å². The first-order chi connectivity index (χ1) is 10.6. The number of methoxy groups -OCH3 is 1. The van der Waals surface area contributed by atoms with Crippen molar-refractivity contribution in [2.45, 2.75) is 13.5 Å². The standard InChI is InChI=1S/C16H17NO5/c1-11-16(13(18)7-8-21-11)22-10-15(19)17-9-12-5-3-4-6-14(12)20-2/h3-8H,9-10H2,1-2H3,(H,17,19). The minimum absolute atomic E-state index is 0.0509. The lowest BCUT2D eigenvalue weighted by molar-refractivity contribution is -0.123. The molecule has 0 unspecified atom stereocenters. The van der Waals surface area contributed by atoms with Gasteiger partial charge in [0, 0.05) is 18.2 Å². The zero-order valence-electron chi connectivity index (χ0n) is 12.4. The van der Waals surface area contributed by atoms with Gasteiger partial charge in [0.25, 0.3) is 5.91 Å². The summed E-state index contributed by atoms with van der Waals surface area (Å²) in [6.45, 7) is 1.66. The number of carbonyl (C=O) groups excluding carboxylic acids is 1. The van der Waals surface area contributed by atoms with Crippen LogP contribution in [0.2, 0.25) is 0 Å². The zero-order chi connectivity index (χ0) is 15.9. The molecule has 6 nitrogen and oxygen atoms in total. The Labute approximate surface area is 127 Å². The maximum atomic E-state index is 11.8. The van der Waals surface area contributed by atoms with Gasteiger partial charge in [-0.05, 0) is 13.0 Å². The number of rotatable bonds is 6. The molecule has 0 aliphatic rings. The first-order valence-electron chi connectivity index (χ1n) is 6.71.